The van der Waals surface area contributed by atoms with Crippen LogP contribution in [0.1, 0.15) is 18.1 Å². The number of rotatable bonds is 5. The Balaban J connectivity index is 2.94. The highest BCUT2D eigenvalue weighted by atomic mass is 16.5. The molecule has 0 bridgehead atoms. The SMILES string of the molecule is CCc1c(CC[N+](C)(C)C)cccc1OC(N)=O. The van der Waals surface area contributed by atoms with E-state index in [1.165, 1.54) is 5.56 Å². The quantitative estimate of drug-likeness (QED) is 0.813. The molecule has 100 valence electrons. The van der Waals surface area contributed by atoms with E-state index in [-0.39, 0.29) is 0 Å². The van der Waals surface area contributed by atoms with Gasteiger partial charge in [-0.1, -0.05) is 19.1 Å². The molecule has 0 unspecified atom stereocenters. The highest BCUT2D eigenvalue weighted by molar-refractivity contribution is 5.68. The number of nitrogens with zero attached hydrogens (tertiary/aromatic N) is 1. The van der Waals surface area contributed by atoms with Crippen molar-refractivity contribution in [2.24, 2.45) is 5.73 Å². The molecule has 0 aliphatic heterocycles. The number of amides is 1. The predicted octanol–water partition coefficient (Wildman–Crippen LogP) is 1.96. The second-order valence-corrected chi connectivity index (χ2v) is 5.43. The van der Waals surface area contributed by atoms with Gasteiger partial charge in [0.15, 0.2) is 0 Å². The van der Waals surface area contributed by atoms with Crippen LogP contribution in [0.3, 0.4) is 0 Å². The average molecular weight is 251 g/mol. The summed E-state index contributed by atoms with van der Waals surface area (Å²) in [6.07, 6.45) is 1.03. The van der Waals surface area contributed by atoms with Gasteiger partial charge in [0.2, 0.25) is 0 Å². The Morgan fingerprint density at radius 1 is 1.33 bits per heavy atom. The third-order valence-corrected chi connectivity index (χ3v) is 2.85. The lowest BCUT2D eigenvalue weighted by atomic mass is 10.0. The molecule has 4 heteroatoms. The third kappa shape index (κ3) is 4.37. The van der Waals surface area contributed by atoms with Gasteiger partial charge in [0.1, 0.15) is 5.75 Å². The molecule has 0 saturated heterocycles. The third-order valence-electron chi connectivity index (χ3n) is 2.85. The van der Waals surface area contributed by atoms with Crippen molar-refractivity contribution in [3.63, 3.8) is 0 Å². The van der Waals surface area contributed by atoms with Gasteiger partial charge in [0, 0.05) is 6.42 Å². The van der Waals surface area contributed by atoms with Crippen molar-refractivity contribution in [1.29, 1.82) is 0 Å². The maximum absolute atomic E-state index is 10.9. The lowest BCUT2D eigenvalue weighted by molar-refractivity contribution is -0.870. The number of carbonyl (C=O) groups excluding carboxylic acids is 1. The first kappa shape index (κ1) is 14.5. The van der Waals surface area contributed by atoms with Crippen molar-refractivity contribution >= 4 is 6.09 Å². The second kappa shape index (κ2) is 5.87. The molecule has 1 amide bonds. The molecule has 1 rings (SSSR count). The Bertz CT molecular complexity index is 422. The molecular weight excluding hydrogens is 228 g/mol. The van der Waals surface area contributed by atoms with Crippen LogP contribution in [0.25, 0.3) is 0 Å². The van der Waals surface area contributed by atoms with Gasteiger partial charge < -0.3 is 15.0 Å². The van der Waals surface area contributed by atoms with Gasteiger partial charge in [0.05, 0.1) is 27.7 Å². The van der Waals surface area contributed by atoms with Crippen LogP contribution < -0.4 is 10.5 Å². The highest BCUT2D eigenvalue weighted by Gasteiger charge is 2.13. The maximum atomic E-state index is 10.9. The normalized spacial score (nSPS) is 11.3. The first-order valence-electron chi connectivity index (χ1n) is 6.22. The van der Waals surface area contributed by atoms with Crippen molar-refractivity contribution in [2.75, 3.05) is 27.7 Å². The lowest BCUT2D eigenvalue weighted by Gasteiger charge is -2.24. The molecule has 0 aliphatic rings. The molecule has 0 spiro atoms. The molecule has 0 heterocycles. The zero-order chi connectivity index (χ0) is 13.8. The number of ether oxygens (including phenoxy) is 1. The Morgan fingerprint density at radius 3 is 2.50 bits per heavy atom. The molecule has 0 saturated carbocycles. The molecule has 1 aromatic carbocycles. The van der Waals surface area contributed by atoms with Gasteiger partial charge in [-0.15, -0.1) is 0 Å². The number of quaternary nitrogens is 1. The van der Waals surface area contributed by atoms with Crippen molar-refractivity contribution in [3.05, 3.63) is 29.3 Å². The summed E-state index contributed by atoms with van der Waals surface area (Å²) in [6, 6.07) is 5.78. The van der Waals surface area contributed by atoms with E-state index in [2.05, 4.69) is 34.1 Å². The van der Waals surface area contributed by atoms with Gasteiger partial charge in [0.25, 0.3) is 0 Å². The van der Waals surface area contributed by atoms with Crippen LogP contribution in [0, 0.1) is 0 Å². The smallest absolute Gasteiger partial charge is 0.409 e. The van der Waals surface area contributed by atoms with E-state index in [9.17, 15) is 4.79 Å². The Labute approximate surface area is 109 Å². The van der Waals surface area contributed by atoms with E-state index in [0.29, 0.717) is 5.75 Å². The maximum Gasteiger partial charge on any atom is 0.409 e. The molecule has 0 aromatic heterocycles. The fraction of sp³-hybridized carbons (Fsp3) is 0.500. The molecule has 2 N–H and O–H groups in total. The minimum Gasteiger partial charge on any atom is -0.410 e. The monoisotopic (exact) mass is 251 g/mol. The van der Waals surface area contributed by atoms with Crippen molar-refractivity contribution < 1.29 is 14.0 Å². The van der Waals surface area contributed by atoms with Crippen LogP contribution in [0.15, 0.2) is 18.2 Å². The van der Waals surface area contributed by atoms with E-state index in [4.69, 9.17) is 10.5 Å². The fourth-order valence-corrected chi connectivity index (χ4v) is 1.91. The minimum atomic E-state index is -0.756. The number of hydrogen-bond acceptors (Lipinski definition) is 2. The molecule has 1 aromatic rings. The molecule has 0 atom stereocenters. The topological polar surface area (TPSA) is 52.3 Å². The number of hydrogen-bond donors (Lipinski definition) is 1. The Morgan fingerprint density at radius 2 is 2.00 bits per heavy atom. The molecule has 0 aliphatic carbocycles. The number of likely N-dealkylation sites (N-methyl/N-ethyl adjacent to an activating group) is 1. The molecule has 4 nitrogen and oxygen atoms in total. The first-order chi connectivity index (χ1) is 8.33. The van der Waals surface area contributed by atoms with Gasteiger partial charge in [-0.3, -0.25) is 0 Å². The molecule has 18 heavy (non-hydrogen) atoms. The zero-order valence-corrected chi connectivity index (χ0v) is 11.7. The van der Waals surface area contributed by atoms with Crippen LogP contribution in [0.2, 0.25) is 0 Å². The molecule has 0 radical (unpaired) electrons. The molecular formula is C14H23N2O2+. The lowest BCUT2D eigenvalue weighted by Crippen LogP contribution is -2.36. The second-order valence-electron chi connectivity index (χ2n) is 5.43. The number of benzene rings is 1. The van der Waals surface area contributed by atoms with Crippen LogP contribution in [0.5, 0.6) is 5.75 Å². The summed E-state index contributed by atoms with van der Waals surface area (Å²) >= 11 is 0. The van der Waals surface area contributed by atoms with Crippen molar-refractivity contribution in [3.8, 4) is 5.75 Å². The fourth-order valence-electron chi connectivity index (χ4n) is 1.91. The van der Waals surface area contributed by atoms with E-state index < -0.39 is 6.09 Å². The highest BCUT2D eigenvalue weighted by Crippen LogP contribution is 2.24. The number of nitrogens with two attached hydrogens (primary N) is 1. The van der Waals surface area contributed by atoms with Gasteiger partial charge in [-0.25, -0.2) is 4.79 Å². The van der Waals surface area contributed by atoms with Crippen LogP contribution in [0.4, 0.5) is 4.79 Å². The van der Waals surface area contributed by atoms with Gasteiger partial charge in [-0.2, -0.15) is 0 Å². The average Bonchev–Trinajstić information content (AvgIpc) is 2.24. The van der Waals surface area contributed by atoms with Crippen molar-refractivity contribution in [1.82, 2.24) is 0 Å². The Hall–Kier alpha value is -1.55. The largest absolute Gasteiger partial charge is 0.410 e. The summed E-state index contributed by atoms with van der Waals surface area (Å²) in [5.74, 6) is 0.587. The van der Waals surface area contributed by atoms with E-state index >= 15 is 0 Å². The number of primary amides is 1. The first-order valence-corrected chi connectivity index (χ1v) is 6.22. The summed E-state index contributed by atoms with van der Waals surface area (Å²) in [6.45, 7) is 3.09. The summed E-state index contributed by atoms with van der Waals surface area (Å²) in [4.78, 5) is 10.9. The standard InChI is InChI=1S/C14H22N2O2/c1-5-12-11(9-10-16(2,3)4)7-6-8-13(12)18-14(15)17/h6-8H,5,9-10H2,1-4H3,(H-,15,17)/p+1. The zero-order valence-electron chi connectivity index (χ0n) is 11.7. The molecule has 0 fully saturated rings. The van der Waals surface area contributed by atoms with E-state index in [0.717, 1.165) is 29.4 Å². The van der Waals surface area contributed by atoms with Crippen LogP contribution in [-0.2, 0) is 12.8 Å². The van der Waals surface area contributed by atoms with Gasteiger partial charge >= 0.3 is 6.09 Å². The summed E-state index contributed by atoms with van der Waals surface area (Å²) in [5, 5.41) is 0. The summed E-state index contributed by atoms with van der Waals surface area (Å²) in [5.41, 5.74) is 7.38. The van der Waals surface area contributed by atoms with E-state index in [1.807, 2.05) is 6.07 Å². The van der Waals surface area contributed by atoms with Crippen molar-refractivity contribution in [2.45, 2.75) is 19.8 Å². The van der Waals surface area contributed by atoms with Crippen LogP contribution in [-0.4, -0.2) is 38.3 Å². The minimum absolute atomic E-state index is 0.587. The Kier molecular flexibility index (Phi) is 4.73. The summed E-state index contributed by atoms with van der Waals surface area (Å²) < 4.78 is 5.95. The summed E-state index contributed by atoms with van der Waals surface area (Å²) in [7, 11) is 6.49. The van der Waals surface area contributed by atoms with Crippen LogP contribution >= 0.6 is 0 Å². The van der Waals surface area contributed by atoms with Gasteiger partial charge in [-0.05, 0) is 23.6 Å². The number of carbonyl (C=O) groups is 1. The predicted molar refractivity (Wildman–Crippen MR) is 72.6 cm³/mol. The van der Waals surface area contributed by atoms with E-state index in [1.54, 1.807) is 6.07 Å².